The second-order valence-corrected chi connectivity index (χ2v) is 6.38. The van der Waals surface area contributed by atoms with Crippen LogP contribution in [0, 0.1) is 0 Å². The molecule has 0 saturated carbocycles. The molecule has 0 fully saturated rings. The number of rotatable bonds is 0. The minimum atomic E-state index is -3.72. The second kappa shape index (κ2) is 2.98. The summed E-state index contributed by atoms with van der Waals surface area (Å²) in [6.07, 6.45) is 0. The molecule has 13 heavy (non-hydrogen) atoms. The highest BCUT2D eigenvalue weighted by Gasteiger charge is 2.50. The zero-order valence-electron chi connectivity index (χ0n) is 7.54. The van der Waals surface area contributed by atoms with Gasteiger partial charge in [-0.3, -0.25) is 9.09 Å². The maximum Gasteiger partial charge on any atom is 0.353 e. The van der Waals surface area contributed by atoms with E-state index in [2.05, 4.69) is 0 Å². The third-order valence-corrected chi connectivity index (χ3v) is 4.91. The summed E-state index contributed by atoms with van der Waals surface area (Å²) in [5.41, 5.74) is -0.968. The van der Waals surface area contributed by atoms with Crippen LogP contribution in [0.1, 0.15) is 20.8 Å². The average Bonchev–Trinajstić information content (AvgIpc) is 1.80. The fraction of sp³-hybridized carbons (Fsp3) is 0.714. The van der Waals surface area contributed by atoms with Crippen LogP contribution in [0.4, 0.5) is 0 Å². The molecule has 2 atom stereocenters. The standard InChI is InChI=1S/C7H11Cl2O3P/c1-6(2)7(3,9)5(8)4-13(10,11)12-6/h4H,1-3H3,(H,10,11). The van der Waals surface area contributed by atoms with Crippen molar-refractivity contribution in [2.75, 3.05) is 0 Å². The van der Waals surface area contributed by atoms with Gasteiger partial charge in [0, 0.05) is 10.8 Å². The van der Waals surface area contributed by atoms with E-state index in [-0.39, 0.29) is 5.03 Å². The zero-order chi connectivity index (χ0) is 10.5. The Hall–Kier alpha value is 0.470. The number of hydrogen-bond donors (Lipinski definition) is 1. The monoisotopic (exact) mass is 244 g/mol. The molecule has 3 nitrogen and oxygen atoms in total. The van der Waals surface area contributed by atoms with Crippen molar-refractivity contribution < 1.29 is 14.0 Å². The normalized spacial score (nSPS) is 44.3. The van der Waals surface area contributed by atoms with Crippen molar-refractivity contribution in [2.45, 2.75) is 31.2 Å². The molecule has 0 aliphatic carbocycles. The average molecular weight is 245 g/mol. The van der Waals surface area contributed by atoms with Crippen LogP contribution in [0.3, 0.4) is 0 Å². The topological polar surface area (TPSA) is 46.5 Å². The molecule has 1 rings (SSSR count). The van der Waals surface area contributed by atoms with Crippen molar-refractivity contribution >= 4 is 30.8 Å². The van der Waals surface area contributed by atoms with Gasteiger partial charge in [-0.25, -0.2) is 0 Å². The molecular formula is C7H11Cl2O3P. The molecule has 0 amide bonds. The molecular weight excluding hydrogens is 234 g/mol. The second-order valence-electron chi connectivity index (χ2n) is 3.65. The molecule has 0 aromatic heterocycles. The van der Waals surface area contributed by atoms with Gasteiger partial charge < -0.3 is 4.89 Å². The maximum atomic E-state index is 11.3. The van der Waals surface area contributed by atoms with E-state index >= 15 is 0 Å². The molecule has 6 heteroatoms. The molecule has 0 spiro atoms. The quantitative estimate of drug-likeness (QED) is 0.527. The van der Waals surface area contributed by atoms with Crippen LogP contribution in [0.5, 0.6) is 0 Å². The van der Waals surface area contributed by atoms with Crippen LogP contribution < -0.4 is 0 Å². The number of hydrogen-bond acceptors (Lipinski definition) is 2. The molecule has 0 aromatic rings. The van der Waals surface area contributed by atoms with Crippen molar-refractivity contribution in [3.8, 4) is 0 Å². The lowest BCUT2D eigenvalue weighted by Crippen LogP contribution is -2.46. The lowest BCUT2D eigenvalue weighted by Gasteiger charge is -2.42. The predicted molar refractivity (Wildman–Crippen MR) is 53.2 cm³/mol. The maximum absolute atomic E-state index is 11.3. The molecule has 0 aromatic carbocycles. The minimum Gasteiger partial charge on any atom is -0.321 e. The van der Waals surface area contributed by atoms with Gasteiger partial charge in [-0.05, 0) is 20.8 Å². The van der Waals surface area contributed by atoms with Crippen LogP contribution in [0.25, 0.3) is 0 Å². The first kappa shape index (κ1) is 11.5. The Balaban J connectivity index is 3.26. The predicted octanol–water partition coefficient (Wildman–Crippen LogP) is 3.06. The van der Waals surface area contributed by atoms with E-state index in [0.29, 0.717) is 0 Å². The summed E-state index contributed by atoms with van der Waals surface area (Å²) in [6, 6.07) is 0. The van der Waals surface area contributed by atoms with E-state index in [1.807, 2.05) is 0 Å². The van der Waals surface area contributed by atoms with Gasteiger partial charge in [0.1, 0.15) is 4.87 Å². The van der Waals surface area contributed by atoms with Gasteiger partial charge in [-0.2, -0.15) is 0 Å². The van der Waals surface area contributed by atoms with Crippen LogP contribution in [-0.4, -0.2) is 15.4 Å². The highest BCUT2D eigenvalue weighted by Crippen LogP contribution is 2.59. The molecule has 0 bridgehead atoms. The van der Waals surface area contributed by atoms with Crippen LogP contribution in [0.2, 0.25) is 0 Å². The van der Waals surface area contributed by atoms with Crippen LogP contribution >= 0.6 is 30.8 Å². The van der Waals surface area contributed by atoms with Crippen molar-refractivity contribution in [2.24, 2.45) is 0 Å². The van der Waals surface area contributed by atoms with Crippen molar-refractivity contribution in [1.82, 2.24) is 0 Å². The molecule has 1 N–H and O–H groups in total. The van der Waals surface area contributed by atoms with E-state index < -0.39 is 18.1 Å². The molecule has 0 saturated heterocycles. The van der Waals surface area contributed by atoms with E-state index in [1.165, 1.54) is 0 Å². The van der Waals surface area contributed by atoms with Crippen LogP contribution in [-0.2, 0) is 9.09 Å². The first-order valence-electron chi connectivity index (χ1n) is 3.69. The molecule has 1 heterocycles. The first-order valence-corrected chi connectivity index (χ1v) is 6.10. The van der Waals surface area contributed by atoms with E-state index in [0.717, 1.165) is 5.82 Å². The van der Waals surface area contributed by atoms with Gasteiger partial charge in [0.15, 0.2) is 0 Å². The smallest absolute Gasteiger partial charge is 0.321 e. The summed E-state index contributed by atoms with van der Waals surface area (Å²) in [6.45, 7) is 4.89. The van der Waals surface area contributed by atoms with Gasteiger partial charge in [-0.1, -0.05) is 11.6 Å². The summed E-state index contributed by atoms with van der Waals surface area (Å²) in [4.78, 5) is 8.26. The van der Waals surface area contributed by atoms with Crippen LogP contribution in [0.15, 0.2) is 10.8 Å². The summed E-state index contributed by atoms with van der Waals surface area (Å²) in [5, 5.41) is 0.149. The highest BCUT2D eigenvalue weighted by molar-refractivity contribution is 7.56. The summed E-state index contributed by atoms with van der Waals surface area (Å²) < 4.78 is 16.2. The van der Waals surface area contributed by atoms with Crippen molar-refractivity contribution in [3.05, 3.63) is 10.8 Å². The van der Waals surface area contributed by atoms with Gasteiger partial charge >= 0.3 is 7.60 Å². The van der Waals surface area contributed by atoms with E-state index in [9.17, 15) is 9.46 Å². The third kappa shape index (κ3) is 1.95. The van der Waals surface area contributed by atoms with Gasteiger partial charge in [0.05, 0.1) is 5.60 Å². The number of alkyl halides is 1. The Morgan fingerprint density at radius 2 is 2.00 bits per heavy atom. The zero-order valence-corrected chi connectivity index (χ0v) is 9.95. The summed E-state index contributed by atoms with van der Waals surface area (Å²) in [7, 11) is -3.72. The van der Waals surface area contributed by atoms with Gasteiger partial charge in [-0.15, -0.1) is 11.6 Å². The molecule has 1 aliphatic rings. The highest BCUT2D eigenvalue weighted by atomic mass is 35.5. The Bertz CT molecular complexity index is 309. The molecule has 76 valence electrons. The van der Waals surface area contributed by atoms with Gasteiger partial charge in [0.2, 0.25) is 0 Å². The van der Waals surface area contributed by atoms with E-state index in [1.54, 1.807) is 20.8 Å². The fourth-order valence-corrected chi connectivity index (χ4v) is 3.25. The SMILES string of the molecule is CC1(C)OP(=O)(O)C=C(Cl)C1(C)Cl. The summed E-state index contributed by atoms with van der Waals surface area (Å²) >= 11 is 11.9. The first-order chi connectivity index (χ1) is 5.58. The van der Waals surface area contributed by atoms with Crippen molar-refractivity contribution in [1.29, 1.82) is 0 Å². The molecule has 2 unspecified atom stereocenters. The minimum absolute atomic E-state index is 0.149. The largest absolute Gasteiger partial charge is 0.353 e. The Kier molecular flexibility index (Phi) is 2.64. The lowest BCUT2D eigenvalue weighted by atomic mass is 9.92. The van der Waals surface area contributed by atoms with Gasteiger partial charge in [0.25, 0.3) is 0 Å². The van der Waals surface area contributed by atoms with E-state index in [4.69, 9.17) is 27.7 Å². The Labute approximate surface area is 87.2 Å². The van der Waals surface area contributed by atoms with Crippen molar-refractivity contribution in [3.63, 3.8) is 0 Å². The summed E-state index contributed by atoms with van der Waals surface area (Å²) in [5.74, 6) is 0.979. The Morgan fingerprint density at radius 1 is 1.54 bits per heavy atom. The molecule has 1 aliphatic heterocycles. The lowest BCUT2D eigenvalue weighted by molar-refractivity contribution is 0.0661. The number of halogens is 2. The Morgan fingerprint density at radius 3 is 2.38 bits per heavy atom. The fourth-order valence-electron chi connectivity index (χ4n) is 0.991. The third-order valence-electron chi connectivity index (χ3n) is 2.21. The molecule has 0 radical (unpaired) electrons.